The second-order valence-corrected chi connectivity index (χ2v) is 5.63. The number of nitriles is 1. The zero-order chi connectivity index (χ0) is 15.3. The van der Waals surface area contributed by atoms with Gasteiger partial charge in [0, 0.05) is 11.1 Å². The average molecular weight is 273 g/mol. The molecule has 2 N–H and O–H groups in total. The molecule has 0 heterocycles. The minimum atomic E-state index is -0.646. The number of amides is 2. The molecule has 0 saturated carbocycles. The third kappa shape index (κ3) is 4.39. The monoisotopic (exact) mass is 273 g/mol. The predicted molar refractivity (Wildman–Crippen MR) is 76.8 cm³/mol. The normalized spacial score (nSPS) is 12.2. The zero-order valence-corrected chi connectivity index (χ0v) is 12.2. The molecule has 2 amide bonds. The van der Waals surface area contributed by atoms with Crippen molar-refractivity contribution in [2.24, 2.45) is 5.41 Å². The van der Waals surface area contributed by atoms with E-state index in [0.717, 1.165) is 0 Å². The third-order valence-electron chi connectivity index (χ3n) is 2.68. The maximum atomic E-state index is 12.0. The maximum absolute atomic E-state index is 12.0. The number of carbonyl (C=O) groups excluding carboxylic acids is 2. The molecule has 1 aromatic carbocycles. The lowest BCUT2D eigenvalue weighted by atomic mass is 9.95. The van der Waals surface area contributed by atoms with E-state index in [4.69, 9.17) is 5.26 Å². The van der Waals surface area contributed by atoms with Crippen LogP contribution < -0.4 is 10.6 Å². The van der Waals surface area contributed by atoms with E-state index in [9.17, 15) is 9.59 Å². The smallest absolute Gasteiger partial charge is 0.246 e. The molecule has 0 unspecified atom stereocenters. The number of hydrogen-bond donors (Lipinski definition) is 2. The number of hydrogen-bond acceptors (Lipinski definition) is 3. The molecule has 1 atom stereocenters. The van der Waals surface area contributed by atoms with Crippen LogP contribution in [0.2, 0.25) is 0 Å². The summed E-state index contributed by atoms with van der Waals surface area (Å²) < 4.78 is 0. The van der Waals surface area contributed by atoms with Crippen molar-refractivity contribution in [2.75, 3.05) is 5.32 Å². The van der Waals surface area contributed by atoms with Gasteiger partial charge in [0.2, 0.25) is 11.8 Å². The van der Waals surface area contributed by atoms with Gasteiger partial charge in [0.15, 0.2) is 0 Å². The van der Waals surface area contributed by atoms with Gasteiger partial charge in [-0.05, 0) is 25.1 Å². The Morgan fingerprint density at radius 2 is 1.95 bits per heavy atom. The summed E-state index contributed by atoms with van der Waals surface area (Å²) in [5.41, 5.74) is 0.454. The highest BCUT2D eigenvalue weighted by molar-refractivity contribution is 5.97. The van der Waals surface area contributed by atoms with Gasteiger partial charge in [-0.2, -0.15) is 5.26 Å². The van der Waals surface area contributed by atoms with Crippen LogP contribution in [0.3, 0.4) is 0 Å². The summed E-state index contributed by atoms with van der Waals surface area (Å²) in [4.78, 5) is 23.8. The molecule has 0 spiro atoms. The molecule has 0 aromatic heterocycles. The Morgan fingerprint density at radius 3 is 2.50 bits per heavy atom. The Balaban J connectivity index is 2.67. The Labute approximate surface area is 119 Å². The fourth-order valence-electron chi connectivity index (χ4n) is 1.40. The Bertz CT molecular complexity index is 553. The van der Waals surface area contributed by atoms with Crippen molar-refractivity contribution in [3.8, 4) is 6.07 Å². The molecule has 0 aliphatic rings. The van der Waals surface area contributed by atoms with Gasteiger partial charge >= 0.3 is 0 Å². The van der Waals surface area contributed by atoms with Crippen LogP contribution in [0, 0.1) is 16.7 Å². The summed E-state index contributed by atoms with van der Waals surface area (Å²) in [6, 6.07) is 7.97. The molecule has 0 saturated heterocycles. The van der Waals surface area contributed by atoms with Crippen molar-refractivity contribution < 1.29 is 9.59 Å². The molecule has 1 aromatic rings. The lowest BCUT2D eigenvalue weighted by Gasteiger charge is -2.21. The van der Waals surface area contributed by atoms with Crippen LogP contribution in [0.5, 0.6) is 0 Å². The number of nitrogens with one attached hydrogen (secondary N) is 2. The number of nitrogens with zero attached hydrogens (tertiary/aromatic N) is 1. The average Bonchev–Trinajstić information content (AvgIpc) is 2.37. The highest BCUT2D eigenvalue weighted by Gasteiger charge is 2.25. The van der Waals surface area contributed by atoms with E-state index >= 15 is 0 Å². The first kappa shape index (κ1) is 15.7. The van der Waals surface area contributed by atoms with Gasteiger partial charge in [0.05, 0.1) is 11.6 Å². The summed E-state index contributed by atoms with van der Waals surface area (Å²) in [5.74, 6) is -0.511. The lowest BCUT2D eigenvalue weighted by molar-refractivity contribution is -0.131. The van der Waals surface area contributed by atoms with E-state index in [2.05, 4.69) is 10.6 Å². The molecule has 0 aliphatic carbocycles. The van der Waals surface area contributed by atoms with Crippen LogP contribution >= 0.6 is 0 Å². The number of rotatable bonds is 3. The lowest BCUT2D eigenvalue weighted by Crippen LogP contribution is -2.46. The van der Waals surface area contributed by atoms with Gasteiger partial charge in [-0.3, -0.25) is 9.59 Å². The fourth-order valence-corrected chi connectivity index (χ4v) is 1.40. The maximum Gasteiger partial charge on any atom is 0.246 e. The van der Waals surface area contributed by atoms with Crippen molar-refractivity contribution in [2.45, 2.75) is 33.7 Å². The summed E-state index contributed by atoms with van der Waals surface area (Å²) in [5, 5.41) is 14.1. The van der Waals surface area contributed by atoms with Gasteiger partial charge in [0.25, 0.3) is 0 Å². The van der Waals surface area contributed by atoms with E-state index in [0.29, 0.717) is 11.3 Å². The molecule has 5 nitrogen and oxygen atoms in total. The highest BCUT2D eigenvalue weighted by Crippen LogP contribution is 2.13. The molecule has 0 bridgehead atoms. The molecular weight excluding hydrogens is 254 g/mol. The molecule has 0 fully saturated rings. The second kappa shape index (κ2) is 6.20. The van der Waals surface area contributed by atoms with Crippen LogP contribution in [0.4, 0.5) is 5.69 Å². The van der Waals surface area contributed by atoms with Crippen LogP contribution in [-0.4, -0.2) is 17.9 Å². The summed E-state index contributed by atoms with van der Waals surface area (Å²) in [7, 11) is 0. The summed E-state index contributed by atoms with van der Waals surface area (Å²) in [6.45, 7) is 6.96. The van der Waals surface area contributed by atoms with Gasteiger partial charge in [0.1, 0.15) is 6.04 Å². The van der Waals surface area contributed by atoms with E-state index in [1.807, 2.05) is 6.07 Å². The van der Waals surface area contributed by atoms with Crippen molar-refractivity contribution in [3.63, 3.8) is 0 Å². The second-order valence-electron chi connectivity index (χ2n) is 5.63. The first-order valence-electron chi connectivity index (χ1n) is 6.36. The summed E-state index contributed by atoms with van der Waals surface area (Å²) >= 11 is 0. The quantitative estimate of drug-likeness (QED) is 0.884. The largest absolute Gasteiger partial charge is 0.344 e. The predicted octanol–water partition coefficient (Wildman–Crippen LogP) is 2.05. The van der Waals surface area contributed by atoms with E-state index < -0.39 is 11.5 Å². The number of carbonyl (C=O) groups is 2. The first-order chi connectivity index (χ1) is 9.24. The number of anilines is 1. The molecule has 20 heavy (non-hydrogen) atoms. The molecule has 106 valence electrons. The Morgan fingerprint density at radius 1 is 1.30 bits per heavy atom. The van der Waals surface area contributed by atoms with Gasteiger partial charge in [-0.15, -0.1) is 0 Å². The van der Waals surface area contributed by atoms with Crippen molar-refractivity contribution in [1.29, 1.82) is 5.26 Å². The molecule has 0 aliphatic heterocycles. The standard InChI is InChI=1S/C15H19N3O2/c1-10(17-14(20)15(2,3)4)13(19)18-12-7-5-6-11(8-12)9-16/h5-8,10H,1-4H3,(H,17,20)(H,18,19)/t10-/m0/s1. The van der Waals surface area contributed by atoms with E-state index in [1.54, 1.807) is 52.0 Å². The SMILES string of the molecule is C[C@H](NC(=O)C(C)(C)C)C(=O)Nc1cccc(C#N)c1. The van der Waals surface area contributed by atoms with Crippen LogP contribution in [0.15, 0.2) is 24.3 Å². The van der Waals surface area contributed by atoms with E-state index in [1.165, 1.54) is 0 Å². The fraction of sp³-hybridized carbons (Fsp3) is 0.400. The van der Waals surface area contributed by atoms with Crippen molar-refractivity contribution in [1.82, 2.24) is 5.32 Å². The summed E-state index contributed by atoms with van der Waals surface area (Å²) in [6.07, 6.45) is 0. The van der Waals surface area contributed by atoms with Crippen LogP contribution in [0.25, 0.3) is 0 Å². The van der Waals surface area contributed by atoms with Gasteiger partial charge in [-0.1, -0.05) is 26.8 Å². The minimum absolute atomic E-state index is 0.189. The minimum Gasteiger partial charge on any atom is -0.344 e. The van der Waals surface area contributed by atoms with Gasteiger partial charge < -0.3 is 10.6 Å². The number of benzene rings is 1. The van der Waals surface area contributed by atoms with Crippen molar-refractivity contribution in [3.05, 3.63) is 29.8 Å². The Hall–Kier alpha value is -2.35. The van der Waals surface area contributed by atoms with Gasteiger partial charge in [-0.25, -0.2) is 0 Å². The first-order valence-corrected chi connectivity index (χ1v) is 6.36. The van der Waals surface area contributed by atoms with Crippen LogP contribution in [-0.2, 0) is 9.59 Å². The van der Waals surface area contributed by atoms with Crippen LogP contribution in [0.1, 0.15) is 33.3 Å². The molecule has 0 radical (unpaired) electrons. The highest BCUT2D eigenvalue weighted by atomic mass is 16.2. The Kier molecular flexibility index (Phi) is 4.87. The topological polar surface area (TPSA) is 82.0 Å². The molecule has 5 heteroatoms. The van der Waals surface area contributed by atoms with Crippen molar-refractivity contribution >= 4 is 17.5 Å². The molecular formula is C15H19N3O2. The molecule has 1 rings (SSSR count). The zero-order valence-electron chi connectivity index (χ0n) is 12.2. The van der Waals surface area contributed by atoms with E-state index in [-0.39, 0.29) is 11.8 Å². The third-order valence-corrected chi connectivity index (χ3v) is 2.68.